The molecule has 0 radical (unpaired) electrons. The second kappa shape index (κ2) is 3.30. The third-order valence-corrected chi connectivity index (χ3v) is 3.82. The fourth-order valence-corrected chi connectivity index (χ4v) is 3.08. The summed E-state index contributed by atoms with van der Waals surface area (Å²) < 4.78 is 0. The third-order valence-electron chi connectivity index (χ3n) is 3.82. The van der Waals surface area contributed by atoms with Crippen LogP contribution in [0.5, 0.6) is 0 Å². The molecule has 1 heteroatoms. The smallest absolute Gasteiger partial charge is 0.0375 e. The molecule has 2 atom stereocenters. The van der Waals surface area contributed by atoms with Crippen molar-refractivity contribution in [3.63, 3.8) is 0 Å². The fourth-order valence-electron chi connectivity index (χ4n) is 3.08. The van der Waals surface area contributed by atoms with Gasteiger partial charge in [-0.25, -0.2) is 0 Å². The van der Waals surface area contributed by atoms with Gasteiger partial charge in [-0.3, -0.25) is 0 Å². The minimum atomic E-state index is 0.848. The van der Waals surface area contributed by atoms with Gasteiger partial charge in [0.1, 0.15) is 0 Å². The third kappa shape index (κ3) is 1.23. The Morgan fingerprint density at radius 2 is 1.93 bits per heavy atom. The lowest BCUT2D eigenvalue weighted by molar-refractivity contribution is 0.313. The van der Waals surface area contributed by atoms with Crippen LogP contribution in [0.25, 0.3) is 0 Å². The van der Waals surface area contributed by atoms with Crippen LogP contribution in [-0.4, -0.2) is 6.54 Å². The maximum atomic E-state index is 3.56. The number of hydrogen-bond acceptors (Lipinski definition) is 1. The molecule has 0 aromatic heterocycles. The summed E-state index contributed by atoms with van der Waals surface area (Å²) in [6, 6.07) is 8.84. The molecule has 0 amide bonds. The zero-order chi connectivity index (χ0) is 9.38. The van der Waals surface area contributed by atoms with E-state index < -0.39 is 0 Å². The van der Waals surface area contributed by atoms with Crippen molar-refractivity contribution in [2.24, 2.45) is 5.92 Å². The van der Waals surface area contributed by atoms with E-state index in [0.29, 0.717) is 0 Å². The summed E-state index contributed by atoms with van der Waals surface area (Å²) in [7, 11) is 0. The number of benzene rings is 1. The fraction of sp³-hybridized carbons (Fsp3) is 0.538. The van der Waals surface area contributed by atoms with E-state index in [1.807, 2.05) is 0 Å². The van der Waals surface area contributed by atoms with Gasteiger partial charge in [0, 0.05) is 12.2 Å². The molecule has 2 unspecified atom stereocenters. The van der Waals surface area contributed by atoms with Crippen LogP contribution in [0.4, 0.5) is 5.69 Å². The van der Waals surface area contributed by atoms with E-state index in [-0.39, 0.29) is 0 Å². The molecular formula is C13H17N. The number of rotatable bonds is 0. The molecule has 1 aliphatic heterocycles. The van der Waals surface area contributed by atoms with Gasteiger partial charge < -0.3 is 5.32 Å². The monoisotopic (exact) mass is 187 g/mol. The van der Waals surface area contributed by atoms with E-state index in [0.717, 1.165) is 11.8 Å². The molecule has 1 N–H and O–H groups in total. The number of nitrogens with one attached hydrogen (secondary N) is 1. The average Bonchev–Trinajstić information content (AvgIpc) is 2.29. The molecule has 1 heterocycles. The van der Waals surface area contributed by atoms with Crippen LogP contribution < -0.4 is 5.32 Å². The van der Waals surface area contributed by atoms with Crippen LogP contribution in [0.15, 0.2) is 24.3 Å². The molecule has 2 aliphatic rings. The highest BCUT2D eigenvalue weighted by Gasteiger charge is 2.30. The van der Waals surface area contributed by atoms with E-state index in [4.69, 9.17) is 0 Å². The van der Waals surface area contributed by atoms with E-state index >= 15 is 0 Å². The number of anilines is 1. The van der Waals surface area contributed by atoms with Crippen molar-refractivity contribution in [3.8, 4) is 0 Å². The Morgan fingerprint density at radius 1 is 1.07 bits per heavy atom. The highest BCUT2D eigenvalue weighted by molar-refractivity contribution is 5.55. The Kier molecular flexibility index (Phi) is 1.97. The molecule has 1 aromatic carbocycles. The van der Waals surface area contributed by atoms with Crippen molar-refractivity contribution in [2.75, 3.05) is 11.9 Å². The molecule has 3 rings (SSSR count). The van der Waals surface area contributed by atoms with Crippen LogP contribution in [0.1, 0.15) is 37.2 Å². The average molecular weight is 187 g/mol. The molecule has 1 saturated carbocycles. The molecule has 74 valence electrons. The standard InChI is InChI=1S/C13H17N/c1-2-6-11-10(5-1)9-14-13-8-4-3-7-12(11)13/h3-4,7-8,10-11,14H,1-2,5-6,9H2. The second-order valence-corrected chi connectivity index (χ2v) is 4.62. The number of para-hydroxylation sites is 1. The lowest BCUT2D eigenvalue weighted by atomic mass is 9.73. The Bertz CT molecular complexity index is 332. The minimum Gasteiger partial charge on any atom is -0.385 e. The molecule has 1 aromatic rings. The van der Waals surface area contributed by atoms with E-state index in [1.54, 1.807) is 5.56 Å². The first-order valence-corrected chi connectivity index (χ1v) is 5.78. The van der Waals surface area contributed by atoms with E-state index in [1.165, 1.54) is 37.9 Å². The summed E-state index contributed by atoms with van der Waals surface area (Å²) >= 11 is 0. The van der Waals surface area contributed by atoms with Crippen molar-refractivity contribution >= 4 is 5.69 Å². The lowest BCUT2D eigenvalue weighted by Crippen LogP contribution is -2.30. The second-order valence-electron chi connectivity index (χ2n) is 4.62. The van der Waals surface area contributed by atoms with Crippen molar-refractivity contribution < 1.29 is 0 Å². The van der Waals surface area contributed by atoms with Crippen LogP contribution in [0, 0.1) is 5.92 Å². The molecule has 0 spiro atoms. The van der Waals surface area contributed by atoms with E-state index in [9.17, 15) is 0 Å². The first-order valence-electron chi connectivity index (χ1n) is 5.78. The first kappa shape index (κ1) is 8.34. The van der Waals surface area contributed by atoms with Crippen molar-refractivity contribution in [1.82, 2.24) is 0 Å². The Labute approximate surface area is 85.5 Å². The van der Waals surface area contributed by atoms with Gasteiger partial charge in [-0.1, -0.05) is 31.0 Å². The van der Waals surface area contributed by atoms with Crippen LogP contribution in [-0.2, 0) is 0 Å². The van der Waals surface area contributed by atoms with Gasteiger partial charge in [-0.05, 0) is 36.3 Å². The zero-order valence-corrected chi connectivity index (χ0v) is 8.50. The van der Waals surface area contributed by atoms with Crippen molar-refractivity contribution in [2.45, 2.75) is 31.6 Å². The summed E-state index contributed by atoms with van der Waals surface area (Å²) in [5.41, 5.74) is 2.96. The number of fused-ring (bicyclic) bond motifs is 3. The van der Waals surface area contributed by atoms with Gasteiger partial charge in [0.2, 0.25) is 0 Å². The normalized spacial score (nSPS) is 30.0. The van der Waals surface area contributed by atoms with Crippen LogP contribution >= 0.6 is 0 Å². The van der Waals surface area contributed by atoms with Crippen LogP contribution in [0.3, 0.4) is 0 Å². The highest BCUT2D eigenvalue weighted by atomic mass is 14.9. The Morgan fingerprint density at radius 3 is 2.93 bits per heavy atom. The summed E-state index contributed by atoms with van der Waals surface area (Å²) in [4.78, 5) is 0. The molecular weight excluding hydrogens is 170 g/mol. The van der Waals surface area contributed by atoms with Gasteiger partial charge in [-0.2, -0.15) is 0 Å². The quantitative estimate of drug-likeness (QED) is 0.656. The van der Waals surface area contributed by atoms with Crippen molar-refractivity contribution in [1.29, 1.82) is 0 Å². The zero-order valence-electron chi connectivity index (χ0n) is 8.50. The van der Waals surface area contributed by atoms with E-state index in [2.05, 4.69) is 29.6 Å². The minimum absolute atomic E-state index is 0.848. The first-order chi connectivity index (χ1) is 6.95. The summed E-state index contributed by atoms with van der Waals surface area (Å²) in [5, 5.41) is 3.56. The molecule has 1 nitrogen and oxygen atoms in total. The molecule has 14 heavy (non-hydrogen) atoms. The SMILES string of the molecule is c1ccc2c(c1)NCC1CCCCC21. The van der Waals surface area contributed by atoms with Gasteiger partial charge in [0.25, 0.3) is 0 Å². The molecule has 1 fully saturated rings. The highest BCUT2D eigenvalue weighted by Crippen LogP contribution is 2.43. The summed E-state index contributed by atoms with van der Waals surface area (Å²) in [5.74, 6) is 1.75. The number of hydrogen-bond donors (Lipinski definition) is 1. The van der Waals surface area contributed by atoms with Gasteiger partial charge in [-0.15, -0.1) is 0 Å². The maximum absolute atomic E-state index is 3.56. The largest absolute Gasteiger partial charge is 0.385 e. The van der Waals surface area contributed by atoms with Crippen LogP contribution in [0.2, 0.25) is 0 Å². The van der Waals surface area contributed by atoms with Crippen molar-refractivity contribution in [3.05, 3.63) is 29.8 Å². The molecule has 0 bridgehead atoms. The Hall–Kier alpha value is -0.980. The van der Waals surface area contributed by atoms with Gasteiger partial charge in [0.05, 0.1) is 0 Å². The van der Waals surface area contributed by atoms with Gasteiger partial charge >= 0.3 is 0 Å². The predicted molar refractivity (Wildman–Crippen MR) is 59.6 cm³/mol. The lowest BCUT2D eigenvalue weighted by Gasteiger charge is -2.37. The summed E-state index contributed by atoms with van der Waals surface area (Å²) in [6.07, 6.45) is 5.69. The molecule has 0 saturated heterocycles. The molecule has 1 aliphatic carbocycles. The summed E-state index contributed by atoms with van der Waals surface area (Å²) in [6.45, 7) is 1.20. The van der Waals surface area contributed by atoms with Gasteiger partial charge in [0.15, 0.2) is 0 Å². The predicted octanol–water partition coefficient (Wildman–Crippen LogP) is 3.39. The topological polar surface area (TPSA) is 12.0 Å². The Balaban J connectivity index is 1.99. The maximum Gasteiger partial charge on any atom is 0.0375 e.